The Bertz CT molecular complexity index is 325. The van der Waals surface area contributed by atoms with Gasteiger partial charge in [-0.2, -0.15) is 13.2 Å². The molecule has 0 fully saturated rings. The number of aliphatic hydroxyl groups excluding tert-OH is 1. The van der Waals surface area contributed by atoms with Gasteiger partial charge in [0.2, 0.25) is 0 Å². The highest BCUT2D eigenvalue weighted by atomic mass is 19.4. The fourth-order valence-corrected chi connectivity index (χ4v) is 1.27. The molecule has 2 nitrogen and oxygen atoms in total. The van der Waals surface area contributed by atoms with Crippen molar-refractivity contribution in [1.82, 2.24) is 0 Å². The van der Waals surface area contributed by atoms with Crippen molar-refractivity contribution in [2.45, 2.75) is 18.7 Å². The first kappa shape index (κ1) is 12.0. The van der Waals surface area contributed by atoms with Gasteiger partial charge in [0.25, 0.3) is 0 Å². The molecule has 1 unspecified atom stereocenters. The van der Waals surface area contributed by atoms with E-state index >= 15 is 0 Å². The molecule has 0 spiro atoms. The molecule has 1 aromatic carbocycles. The van der Waals surface area contributed by atoms with E-state index in [0.29, 0.717) is 18.5 Å². The molecule has 0 saturated carbocycles. The van der Waals surface area contributed by atoms with Crippen LogP contribution >= 0.6 is 0 Å². The van der Waals surface area contributed by atoms with Gasteiger partial charge in [0.15, 0.2) is 6.10 Å². The molecule has 0 aliphatic rings. The zero-order valence-electron chi connectivity index (χ0n) is 7.96. The monoisotopic (exact) mass is 219 g/mol. The second-order valence-corrected chi connectivity index (χ2v) is 3.23. The van der Waals surface area contributed by atoms with Gasteiger partial charge in [0.05, 0.1) is 0 Å². The lowest BCUT2D eigenvalue weighted by Gasteiger charge is -2.15. The minimum atomic E-state index is -4.62. The average Bonchev–Trinajstić information content (AvgIpc) is 2.16. The van der Waals surface area contributed by atoms with Gasteiger partial charge in [-0.3, -0.25) is 0 Å². The summed E-state index contributed by atoms with van der Waals surface area (Å²) in [4.78, 5) is 0. The molecule has 0 saturated heterocycles. The number of hydrogen-bond acceptors (Lipinski definition) is 2. The van der Waals surface area contributed by atoms with Crippen LogP contribution in [0.3, 0.4) is 0 Å². The van der Waals surface area contributed by atoms with Crippen LogP contribution in [0.4, 0.5) is 13.2 Å². The molecule has 15 heavy (non-hydrogen) atoms. The van der Waals surface area contributed by atoms with Crippen molar-refractivity contribution in [2.24, 2.45) is 5.73 Å². The Morgan fingerprint density at radius 2 is 2.00 bits per heavy atom. The van der Waals surface area contributed by atoms with Gasteiger partial charge in [0, 0.05) is 0 Å². The van der Waals surface area contributed by atoms with Gasteiger partial charge >= 0.3 is 6.18 Å². The van der Waals surface area contributed by atoms with Crippen LogP contribution in [-0.2, 0) is 6.42 Å². The molecule has 0 aliphatic carbocycles. The lowest BCUT2D eigenvalue weighted by atomic mass is 10.0. The summed E-state index contributed by atoms with van der Waals surface area (Å²) < 4.78 is 36.5. The number of benzene rings is 1. The number of hydrogen-bond donors (Lipinski definition) is 2. The van der Waals surface area contributed by atoms with Crippen LogP contribution in [0, 0.1) is 0 Å². The third-order valence-corrected chi connectivity index (χ3v) is 2.01. The summed E-state index contributed by atoms with van der Waals surface area (Å²) in [6, 6.07) is 5.73. The number of rotatable bonds is 3. The van der Waals surface area contributed by atoms with Crippen LogP contribution in [0.2, 0.25) is 0 Å². The first-order valence-electron chi connectivity index (χ1n) is 4.49. The maximum absolute atomic E-state index is 12.2. The Morgan fingerprint density at radius 1 is 1.33 bits per heavy atom. The fraction of sp³-hybridized carbons (Fsp3) is 0.400. The molecule has 0 heterocycles. The normalized spacial score (nSPS) is 13.9. The van der Waals surface area contributed by atoms with Crippen LogP contribution in [0.5, 0.6) is 0 Å². The first-order chi connectivity index (χ1) is 6.95. The summed E-state index contributed by atoms with van der Waals surface area (Å²) >= 11 is 0. The molecule has 0 aromatic heterocycles. The predicted molar refractivity (Wildman–Crippen MR) is 50.2 cm³/mol. The Kier molecular flexibility index (Phi) is 3.71. The van der Waals surface area contributed by atoms with Crippen LogP contribution in [-0.4, -0.2) is 17.8 Å². The maximum atomic E-state index is 12.2. The number of halogens is 3. The summed E-state index contributed by atoms with van der Waals surface area (Å²) in [5.74, 6) is 0. The summed E-state index contributed by atoms with van der Waals surface area (Å²) in [6.07, 6.45) is -6.55. The first-order valence-corrected chi connectivity index (χ1v) is 4.49. The van der Waals surface area contributed by atoms with E-state index in [1.54, 1.807) is 6.07 Å². The summed E-state index contributed by atoms with van der Waals surface area (Å²) in [5, 5.41) is 8.99. The summed E-state index contributed by atoms with van der Waals surface area (Å²) in [5.41, 5.74) is 5.84. The summed E-state index contributed by atoms with van der Waals surface area (Å²) in [6.45, 7) is 0.367. The van der Waals surface area contributed by atoms with Crippen molar-refractivity contribution in [3.05, 3.63) is 35.4 Å². The van der Waals surface area contributed by atoms with E-state index in [2.05, 4.69) is 0 Å². The van der Waals surface area contributed by atoms with Gasteiger partial charge in [-0.05, 0) is 24.1 Å². The fourth-order valence-electron chi connectivity index (χ4n) is 1.27. The smallest absolute Gasteiger partial charge is 0.379 e. The van der Waals surface area contributed by atoms with Crippen molar-refractivity contribution >= 4 is 0 Å². The molecular formula is C10H12F3NO. The van der Waals surface area contributed by atoms with E-state index in [1.807, 2.05) is 0 Å². The van der Waals surface area contributed by atoms with Gasteiger partial charge in [-0.1, -0.05) is 24.3 Å². The van der Waals surface area contributed by atoms with Crippen LogP contribution in [0.1, 0.15) is 17.2 Å². The molecular weight excluding hydrogens is 207 g/mol. The molecule has 1 atom stereocenters. The van der Waals surface area contributed by atoms with Crippen molar-refractivity contribution in [3.8, 4) is 0 Å². The molecule has 84 valence electrons. The van der Waals surface area contributed by atoms with Crippen LogP contribution < -0.4 is 5.73 Å². The second-order valence-electron chi connectivity index (χ2n) is 3.23. The molecule has 3 N–H and O–H groups in total. The molecule has 0 bridgehead atoms. The third kappa shape index (κ3) is 3.21. The molecule has 1 rings (SSSR count). The minimum Gasteiger partial charge on any atom is -0.379 e. The quantitative estimate of drug-likeness (QED) is 0.814. The van der Waals surface area contributed by atoms with Crippen molar-refractivity contribution in [3.63, 3.8) is 0 Å². The van der Waals surface area contributed by atoms with E-state index in [0.717, 1.165) is 0 Å². The minimum absolute atomic E-state index is 0.145. The number of alkyl halides is 3. The standard InChI is InChI=1S/C10H12F3NO/c11-10(12,13)9(15)8-3-1-2-7(6-8)4-5-14/h1-3,6,9,15H,4-5,14H2. The molecule has 0 aliphatic heterocycles. The Hall–Kier alpha value is -1.07. The highest BCUT2D eigenvalue weighted by molar-refractivity contribution is 5.26. The zero-order chi connectivity index (χ0) is 11.5. The largest absolute Gasteiger partial charge is 0.418 e. The molecule has 5 heteroatoms. The molecule has 1 aromatic rings. The number of nitrogens with two attached hydrogens (primary N) is 1. The predicted octanol–water partition coefficient (Wildman–Crippen LogP) is 1.78. The van der Waals surface area contributed by atoms with Gasteiger partial charge < -0.3 is 10.8 Å². The number of aliphatic hydroxyl groups is 1. The van der Waals surface area contributed by atoms with Crippen molar-refractivity contribution in [1.29, 1.82) is 0 Å². The second kappa shape index (κ2) is 4.63. The van der Waals surface area contributed by atoms with Crippen LogP contribution in [0.15, 0.2) is 24.3 Å². The highest BCUT2D eigenvalue weighted by Gasteiger charge is 2.39. The average molecular weight is 219 g/mol. The molecule has 0 amide bonds. The van der Waals surface area contributed by atoms with E-state index in [4.69, 9.17) is 10.8 Å². The summed E-state index contributed by atoms with van der Waals surface area (Å²) in [7, 11) is 0. The van der Waals surface area contributed by atoms with E-state index in [1.165, 1.54) is 18.2 Å². The Balaban J connectivity index is 2.90. The maximum Gasteiger partial charge on any atom is 0.418 e. The lowest BCUT2D eigenvalue weighted by molar-refractivity contribution is -0.206. The van der Waals surface area contributed by atoms with Gasteiger partial charge in [-0.15, -0.1) is 0 Å². The van der Waals surface area contributed by atoms with E-state index < -0.39 is 12.3 Å². The van der Waals surface area contributed by atoms with Crippen molar-refractivity contribution in [2.75, 3.05) is 6.54 Å². The van der Waals surface area contributed by atoms with Crippen LogP contribution in [0.25, 0.3) is 0 Å². The van der Waals surface area contributed by atoms with Gasteiger partial charge in [-0.25, -0.2) is 0 Å². The van der Waals surface area contributed by atoms with Gasteiger partial charge in [0.1, 0.15) is 0 Å². The zero-order valence-corrected chi connectivity index (χ0v) is 7.96. The Labute approximate surface area is 85.5 Å². The third-order valence-electron chi connectivity index (χ3n) is 2.01. The van der Waals surface area contributed by atoms with E-state index in [9.17, 15) is 13.2 Å². The van der Waals surface area contributed by atoms with Crippen molar-refractivity contribution < 1.29 is 18.3 Å². The topological polar surface area (TPSA) is 46.2 Å². The SMILES string of the molecule is NCCc1cccc(C(O)C(F)(F)F)c1. The Morgan fingerprint density at radius 3 is 2.53 bits per heavy atom. The lowest BCUT2D eigenvalue weighted by Crippen LogP contribution is -2.20. The highest BCUT2D eigenvalue weighted by Crippen LogP contribution is 2.32. The molecule has 0 radical (unpaired) electrons. The van der Waals surface area contributed by atoms with E-state index in [-0.39, 0.29) is 5.56 Å².